The van der Waals surface area contributed by atoms with Gasteiger partial charge < -0.3 is 0 Å². The highest BCUT2D eigenvalue weighted by Gasteiger charge is 2.75. The van der Waals surface area contributed by atoms with Crippen LogP contribution in [0.1, 0.15) is 5.56 Å². The Morgan fingerprint density at radius 1 is 0.789 bits per heavy atom. The third-order valence-electron chi connectivity index (χ3n) is 3.50. The Hall–Kier alpha value is 0.440. The molecule has 0 saturated carbocycles. The van der Waals surface area contributed by atoms with E-state index in [1.807, 2.05) is 30.3 Å². The molecule has 2 bridgehead atoms. The first-order chi connectivity index (χ1) is 8.77. The highest BCUT2D eigenvalue weighted by Crippen LogP contribution is 2.73. The molecule has 2 atom stereocenters. The number of hydrogen-bond acceptors (Lipinski definition) is 0. The van der Waals surface area contributed by atoms with E-state index in [0.717, 1.165) is 5.56 Å². The van der Waals surface area contributed by atoms with Crippen molar-refractivity contribution in [3.8, 4) is 0 Å². The fourth-order valence-corrected chi connectivity index (χ4v) is 4.99. The Bertz CT molecular complexity index is 617. The van der Waals surface area contributed by atoms with Gasteiger partial charge in [0.25, 0.3) is 0 Å². The summed E-state index contributed by atoms with van der Waals surface area (Å²) in [5.41, 5.74) is 1.53. The van der Waals surface area contributed by atoms with E-state index in [1.54, 1.807) is 6.08 Å². The Morgan fingerprint density at radius 3 is 1.84 bits per heavy atom. The zero-order valence-corrected chi connectivity index (χ0v) is 13.8. The van der Waals surface area contributed by atoms with Crippen LogP contribution in [0.25, 0.3) is 5.57 Å². The quantitative estimate of drug-likeness (QED) is 0.535. The summed E-state index contributed by atoms with van der Waals surface area (Å²) in [6.45, 7) is 0. The van der Waals surface area contributed by atoms with E-state index in [1.165, 1.54) is 0 Å². The molecule has 0 amide bonds. The molecule has 0 heterocycles. The molecule has 2 aliphatic carbocycles. The fourth-order valence-electron chi connectivity index (χ4n) is 2.48. The average molecular weight is 375 g/mol. The molecule has 0 unspecified atom stereocenters. The molecular formula is C13H6Cl6. The van der Waals surface area contributed by atoms with Gasteiger partial charge in [-0.2, -0.15) is 0 Å². The molecule has 0 fully saturated rings. The molecule has 6 heteroatoms. The molecule has 0 N–H and O–H groups in total. The molecule has 0 saturated heterocycles. The summed E-state index contributed by atoms with van der Waals surface area (Å²) in [7, 11) is 0. The molecule has 0 radical (unpaired) electrons. The van der Waals surface area contributed by atoms with Gasteiger partial charge in [-0.1, -0.05) is 76.7 Å². The summed E-state index contributed by atoms with van der Waals surface area (Å²) >= 11 is 38.3. The maximum Gasteiger partial charge on any atom is 0.173 e. The number of allylic oxidation sites excluding steroid dienone is 4. The van der Waals surface area contributed by atoms with Crippen LogP contribution in [-0.4, -0.2) is 14.1 Å². The third kappa shape index (κ3) is 1.51. The molecule has 0 aromatic heterocycles. The minimum Gasteiger partial charge on any atom is -0.105 e. The summed E-state index contributed by atoms with van der Waals surface area (Å²) in [4.78, 5) is -2.64. The Balaban J connectivity index is 2.27. The molecule has 1 aromatic carbocycles. The second-order valence-electron chi connectivity index (χ2n) is 4.50. The standard InChI is InChI=1S/C13H6Cl6/c14-9-10(15)12(17)8(7-4-2-1-3-5-7)6-11(9,16)13(12,18)19/h1-6H/t11-,12-/m1/s1. The fraction of sp³-hybridized carbons (Fsp3) is 0.231. The highest BCUT2D eigenvalue weighted by molar-refractivity contribution is 6.68. The lowest BCUT2D eigenvalue weighted by Gasteiger charge is -2.33. The number of fused-ring (bicyclic) bond motifs is 2. The van der Waals surface area contributed by atoms with Gasteiger partial charge in [-0.05, 0) is 17.2 Å². The summed E-state index contributed by atoms with van der Waals surface area (Å²) in [6.07, 6.45) is 1.69. The number of rotatable bonds is 1. The topological polar surface area (TPSA) is 0 Å². The Labute approximate surface area is 140 Å². The summed E-state index contributed by atoms with van der Waals surface area (Å²) in [5.74, 6) is 0. The second-order valence-corrected chi connectivity index (χ2v) is 7.74. The summed E-state index contributed by atoms with van der Waals surface area (Å²) < 4.78 is -1.54. The van der Waals surface area contributed by atoms with E-state index < -0.39 is 14.1 Å². The zero-order valence-electron chi connectivity index (χ0n) is 9.23. The van der Waals surface area contributed by atoms with Crippen molar-refractivity contribution in [1.29, 1.82) is 0 Å². The van der Waals surface area contributed by atoms with E-state index >= 15 is 0 Å². The minimum atomic E-state index is -1.54. The largest absolute Gasteiger partial charge is 0.173 e. The summed E-state index contributed by atoms with van der Waals surface area (Å²) in [5, 5.41) is 0.354. The van der Waals surface area contributed by atoms with Gasteiger partial charge in [0.05, 0.1) is 10.1 Å². The van der Waals surface area contributed by atoms with E-state index in [-0.39, 0.29) is 10.1 Å². The maximum absolute atomic E-state index is 6.63. The number of benzene rings is 1. The lowest BCUT2D eigenvalue weighted by atomic mass is 9.94. The first-order valence-electron chi connectivity index (χ1n) is 5.37. The van der Waals surface area contributed by atoms with Crippen molar-refractivity contribution < 1.29 is 0 Å². The number of halogens is 6. The predicted molar refractivity (Wildman–Crippen MR) is 84.8 cm³/mol. The van der Waals surface area contributed by atoms with Gasteiger partial charge in [0.2, 0.25) is 0 Å². The molecule has 0 aliphatic heterocycles. The van der Waals surface area contributed by atoms with Crippen LogP contribution in [-0.2, 0) is 0 Å². The van der Waals surface area contributed by atoms with Crippen LogP contribution in [0.3, 0.4) is 0 Å². The van der Waals surface area contributed by atoms with E-state index in [2.05, 4.69) is 0 Å². The second kappa shape index (κ2) is 4.22. The van der Waals surface area contributed by atoms with Crippen molar-refractivity contribution in [2.75, 3.05) is 0 Å². The van der Waals surface area contributed by atoms with E-state index in [9.17, 15) is 0 Å². The Kier molecular flexibility index (Phi) is 3.20. The highest BCUT2D eigenvalue weighted by atomic mass is 35.5. The van der Waals surface area contributed by atoms with Crippen LogP contribution in [0.15, 0.2) is 46.5 Å². The van der Waals surface area contributed by atoms with Crippen molar-refractivity contribution >= 4 is 75.2 Å². The molecule has 100 valence electrons. The lowest BCUT2D eigenvalue weighted by molar-refractivity contribution is 0.724. The van der Waals surface area contributed by atoms with Gasteiger partial charge in [-0.25, -0.2) is 0 Å². The molecule has 19 heavy (non-hydrogen) atoms. The van der Waals surface area contributed by atoms with Gasteiger partial charge in [-0.15, -0.1) is 23.2 Å². The number of alkyl halides is 4. The van der Waals surface area contributed by atoms with Crippen molar-refractivity contribution in [1.82, 2.24) is 0 Å². The normalized spacial score (nSPS) is 35.8. The average Bonchev–Trinajstić information content (AvgIpc) is 2.62. The van der Waals surface area contributed by atoms with Crippen molar-refractivity contribution in [3.05, 3.63) is 52.0 Å². The minimum absolute atomic E-state index is 0.176. The van der Waals surface area contributed by atoms with Crippen LogP contribution < -0.4 is 0 Å². The van der Waals surface area contributed by atoms with Crippen molar-refractivity contribution in [3.63, 3.8) is 0 Å². The van der Waals surface area contributed by atoms with E-state index in [4.69, 9.17) is 69.6 Å². The lowest BCUT2D eigenvalue weighted by Crippen LogP contribution is -2.44. The molecule has 1 aromatic rings. The first kappa shape index (κ1) is 14.4. The van der Waals surface area contributed by atoms with E-state index in [0.29, 0.717) is 5.57 Å². The van der Waals surface area contributed by atoms with Crippen LogP contribution in [0.4, 0.5) is 0 Å². The van der Waals surface area contributed by atoms with Crippen LogP contribution >= 0.6 is 69.6 Å². The van der Waals surface area contributed by atoms with Crippen molar-refractivity contribution in [2.45, 2.75) is 14.1 Å². The smallest absolute Gasteiger partial charge is 0.105 e. The molecule has 0 nitrogen and oxygen atoms in total. The van der Waals surface area contributed by atoms with Crippen molar-refractivity contribution in [2.24, 2.45) is 0 Å². The van der Waals surface area contributed by atoms with Crippen LogP contribution in [0, 0.1) is 0 Å². The van der Waals surface area contributed by atoms with Gasteiger partial charge in [-0.3, -0.25) is 0 Å². The molecular weight excluding hydrogens is 369 g/mol. The van der Waals surface area contributed by atoms with Gasteiger partial charge in [0.15, 0.2) is 4.33 Å². The predicted octanol–water partition coefficient (Wildman–Crippen LogP) is 5.92. The van der Waals surface area contributed by atoms with Crippen LogP contribution in [0.2, 0.25) is 0 Å². The Morgan fingerprint density at radius 2 is 1.37 bits per heavy atom. The van der Waals surface area contributed by atoms with Gasteiger partial charge in [0.1, 0.15) is 9.75 Å². The summed E-state index contributed by atoms with van der Waals surface area (Å²) in [6, 6.07) is 9.44. The first-order valence-corrected chi connectivity index (χ1v) is 7.64. The maximum atomic E-state index is 6.63. The zero-order chi connectivity index (χ0) is 14.1. The monoisotopic (exact) mass is 372 g/mol. The molecule has 0 spiro atoms. The van der Waals surface area contributed by atoms with Gasteiger partial charge >= 0.3 is 0 Å². The third-order valence-corrected chi connectivity index (χ3v) is 7.56. The SMILES string of the molecule is ClC1=C(Cl)[C@]2(Cl)C=C(c3ccccc3)[C@]1(Cl)C2(Cl)Cl. The number of hydrogen-bond donors (Lipinski definition) is 0. The molecule has 3 rings (SSSR count). The van der Waals surface area contributed by atoms with Crippen LogP contribution in [0.5, 0.6) is 0 Å². The van der Waals surface area contributed by atoms with Gasteiger partial charge in [0, 0.05) is 0 Å². The molecule has 2 aliphatic rings.